The second kappa shape index (κ2) is 7.12. The summed E-state index contributed by atoms with van der Waals surface area (Å²) in [4.78, 5) is 16.5. The third-order valence-electron chi connectivity index (χ3n) is 3.37. The van der Waals surface area contributed by atoms with Crippen LogP contribution in [0.15, 0.2) is 5.38 Å². The zero-order valence-corrected chi connectivity index (χ0v) is 13.8. The summed E-state index contributed by atoms with van der Waals surface area (Å²) in [6.45, 7) is 0.389. The van der Waals surface area contributed by atoms with Gasteiger partial charge in [0.25, 0.3) is 5.91 Å². The van der Waals surface area contributed by atoms with E-state index in [0.717, 1.165) is 10.1 Å². The maximum atomic E-state index is 12.1. The number of nitrogens with zero attached hydrogens (tertiary/aromatic N) is 3. The molecule has 1 fully saturated rings. The van der Waals surface area contributed by atoms with E-state index in [1.807, 2.05) is 0 Å². The fraction of sp³-hybridized carbons (Fsp3) is 0.538. The van der Waals surface area contributed by atoms with Crippen molar-refractivity contribution in [3.8, 4) is 0 Å². The van der Waals surface area contributed by atoms with Crippen LogP contribution in [0.4, 0.5) is 10.3 Å². The molecular weight excluding hydrogens is 322 g/mol. The number of anilines is 2. The molecule has 2 aromatic heterocycles. The van der Waals surface area contributed by atoms with Gasteiger partial charge in [0.2, 0.25) is 5.13 Å². The molecule has 7 nitrogen and oxygen atoms in total. The van der Waals surface area contributed by atoms with Gasteiger partial charge in [-0.3, -0.25) is 10.1 Å². The van der Waals surface area contributed by atoms with E-state index in [4.69, 9.17) is 4.74 Å². The predicted octanol–water partition coefficient (Wildman–Crippen LogP) is 2.75. The molecule has 0 saturated heterocycles. The van der Waals surface area contributed by atoms with Crippen LogP contribution in [0.3, 0.4) is 0 Å². The lowest BCUT2D eigenvalue weighted by Crippen LogP contribution is -2.15. The maximum Gasteiger partial charge on any atom is 0.277 e. The summed E-state index contributed by atoms with van der Waals surface area (Å²) in [6.07, 6.45) is 4.87. The van der Waals surface area contributed by atoms with Gasteiger partial charge < -0.3 is 10.1 Å². The molecule has 1 aliphatic carbocycles. The van der Waals surface area contributed by atoms with Crippen LogP contribution in [0.2, 0.25) is 0 Å². The van der Waals surface area contributed by atoms with Crippen LogP contribution in [0.25, 0.3) is 0 Å². The van der Waals surface area contributed by atoms with Gasteiger partial charge in [0.15, 0.2) is 5.13 Å². The lowest BCUT2D eigenvalue weighted by molar-refractivity contribution is 0.102. The highest BCUT2D eigenvalue weighted by atomic mass is 32.1. The van der Waals surface area contributed by atoms with Gasteiger partial charge in [-0.1, -0.05) is 24.2 Å². The summed E-state index contributed by atoms with van der Waals surface area (Å²) in [5.74, 6) is -0.268. The van der Waals surface area contributed by atoms with Crippen molar-refractivity contribution in [2.75, 3.05) is 17.7 Å². The van der Waals surface area contributed by atoms with E-state index < -0.39 is 0 Å². The second-order valence-corrected chi connectivity index (χ2v) is 6.97. The Kier molecular flexibility index (Phi) is 4.96. The van der Waals surface area contributed by atoms with E-state index in [1.165, 1.54) is 48.4 Å². The molecule has 9 heteroatoms. The Morgan fingerprint density at radius 1 is 1.36 bits per heavy atom. The number of ether oxygens (including phenoxy) is 1. The Morgan fingerprint density at radius 3 is 2.95 bits per heavy atom. The first-order valence-corrected chi connectivity index (χ1v) is 8.79. The first kappa shape index (κ1) is 15.3. The molecule has 0 aliphatic heterocycles. The number of carbonyl (C=O) groups is 1. The number of hydrogen-bond acceptors (Lipinski definition) is 8. The van der Waals surface area contributed by atoms with Crippen LogP contribution in [-0.2, 0) is 11.3 Å². The summed E-state index contributed by atoms with van der Waals surface area (Å²) in [5.41, 5.74) is 0.397. The summed E-state index contributed by atoms with van der Waals surface area (Å²) < 4.78 is 4.97. The first-order valence-electron chi connectivity index (χ1n) is 7.09. The van der Waals surface area contributed by atoms with E-state index in [0.29, 0.717) is 23.5 Å². The first-order chi connectivity index (χ1) is 10.7. The molecule has 0 unspecified atom stereocenters. The Bertz CT molecular complexity index is 636. The zero-order chi connectivity index (χ0) is 15.4. The van der Waals surface area contributed by atoms with Crippen LogP contribution >= 0.6 is 22.7 Å². The van der Waals surface area contributed by atoms with E-state index in [9.17, 15) is 4.79 Å². The molecular formula is C13H17N5O2S2. The SMILES string of the molecule is COCc1nnc(NC(=O)c2csc(NC3CCCC3)n2)s1. The standard InChI is InChI=1S/C13H17N5O2S2/c1-20-6-10-17-18-13(22-10)16-11(19)9-7-21-12(15-9)14-8-4-2-3-5-8/h7-8H,2-6H2,1H3,(H,14,15)(H,16,18,19). The van der Waals surface area contributed by atoms with Gasteiger partial charge in [-0.25, -0.2) is 4.98 Å². The Balaban J connectivity index is 1.58. The van der Waals surface area contributed by atoms with Gasteiger partial charge in [-0.05, 0) is 12.8 Å². The third-order valence-corrected chi connectivity index (χ3v) is 4.96. The van der Waals surface area contributed by atoms with E-state index in [2.05, 4.69) is 25.8 Å². The molecule has 2 N–H and O–H groups in total. The van der Waals surface area contributed by atoms with Crippen LogP contribution in [0.5, 0.6) is 0 Å². The molecule has 0 radical (unpaired) electrons. The number of hydrogen-bond donors (Lipinski definition) is 2. The fourth-order valence-corrected chi connectivity index (χ4v) is 3.81. The quantitative estimate of drug-likeness (QED) is 0.841. The molecule has 118 valence electrons. The van der Waals surface area contributed by atoms with Crippen LogP contribution < -0.4 is 10.6 Å². The average molecular weight is 339 g/mol. The van der Waals surface area contributed by atoms with Gasteiger partial charge in [0, 0.05) is 18.5 Å². The van der Waals surface area contributed by atoms with E-state index >= 15 is 0 Å². The van der Waals surface area contributed by atoms with Crippen LogP contribution in [0.1, 0.15) is 41.2 Å². The van der Waals surface area contributed by atoms with E-state index in [-0.39, 0.29) is 5.91 Å². The maximum absolute atomic E-state index is 12.1. The Hall–Kier alpha value is -1.58. The van der Waals surface area contributed by atoms with Gasteiger partial charge in [-0.15, -0.1) is 21.5 Å². The van der Waals surface area contributed by atoms with E-state index in [1.54, 1.807) is 12.5 Å². The van der Waals surface area contributed by atoms with Crippen molar-refractivity contribution in [1.82, 2.24) is 15.2 Å². The van der Waals surface area contributed by atoms with Crippen molar-refractivity contribution < 1.29 is 9.53 Å². The number of rotatable bonds is 6. The highest BCUT2D eigenvalue weighted by Gasteiger charge is 2.18. The van der Waals surface area contributed by atoms with Crippen molar-refractivity contribution >= 4 is 38.8 Å². The molecule has 0 aromatic carbocycles. The smallest absolute Gasteiger partial charge is 0.277 e. The molecule has 2 heterocycles. The number of thiazole rings is 1. The molecule has 1 saturated carbocycles. The normalized spacial score (nSPS) is 15.1. The van der Waals surface area contributed by atoms with Gasteiger partial charge >= 0.3 is 0 Å². The Labute approximate surface area is 136 Å². The molecule has 2 aromatic rings. The zero-order valence-electron chi connectivity index (χ0n) is 12.2. The monoisotopic (exact) mass is 339 g/mol. The molecule has 22 heavy (non-hydrogen) atoms. The fourth-order valence-electron chi connectivity index (χ4n) is 2.34. The minimum atomic E-state index is -0.268. The molecule has 0 bridgehead atoms. The van der Waals surface area contributed by atoms with Crippen molar-refractivity contribution in [3.05, 3.63) is 16.1 Å². The van der Waals surface area contributed by atoms with Gasteiger partial charge in [-0.2, -0.15) is 0 Å². The highest BCUT2D eigenvalue weighted by Crippen LogP contribution is 2.25. The van der Waals surface area contributed by atoms with Crippen molar-refractivity contribution in [2.45, 2.75) is 38.3 Å². The number of carbonyl (C=O) groups excluding carboxylic acids is 1. The van der Waals surface area contributed by atoms with Gasteiger partial charge in [0.1, 0.15) is 17.3 Å². The molecule has 0 atom stereocenters. The largest absolute Gasteiger partial charge is 0.377 e. The topological polar surface area (TPSA) is 89.0 Å². The van der Waals surface area contributed by atoms with Gasteiger partial charge in [0.05, 0.1) is 0 Å². The number of methoxy groups -OCH3 is 1. The van der Waals surface area contributed by atoms with Crippen molar-refractivity contribution in [1.29, 1.82) is 0 Å². The number of amides is 1. The number of nitrogens with one attached hydrogen (secondary N) is 2. The van der Waals surface area contributed by atoms with Crippen molar-refractivity contribution in [2.24, 2.45) is 0 Å². The highest BCUT2D eigenvalue weighted by molar-refractivity contribution is 7.15. The Morgan fingerprint density at radius 2 is 2.18 bits per heavy atom. The lowest BCUT2D eigenvalue weighted by atomic mass is 10.3. The third kappa shape index (κ3) is 3.79. The summed E-state index contributed by atoms with van der Waals surface area (Å²) in [5, 5.41) is 17.7. The minimum absolute atomic E-state index is 0.268. The summed E-state index contributed by atoms with van der Waals surface area (Å²) >= 11 is 2.75. The average Bonchev–Trinajstić information content (AvgIpc) is 3.22. The van der Waals surface area contributed by atoms with Crippen molar-refractivity contribution in [3.63, 3.8) is 0 Å². The van der Waals surface area contributed by atoms with Crippen LogP contribution in [-0.4, -0.2) is 34.2 Å². The molecule has 0 spiro atoms. The lowest BCUT2D eigenvalue weighted by Gasteiger charge is -2.09. The molecule has 1 amide bonds. The predicted molar refractivity (Wildman–Crippen MR) is 86.6 cm³/mol. The second-order valence-electron chi connectivity index (χ2n) is 5.05. The summed E-state index contributed by atoms with van der Waals surface area (Å²) in [6, 6.07) is 0.488. The summed E-state index contributed by atoms with van der Waals surface area (Å²) in [7, 11) is 1.59. The molecule has 1 aliphatic rings. The minimum Gasteiger partial charge on any atom is -0.377 e. The number of aromatic nitrogens is 3. The van der Waals surface area contributed by atoms with Crippen LogP contribution in [0, 0.1) is 0 Å². The molecule has 3 rings (SSSR count).